The van der Waals surface area contributed by atoms with Gasteiger partial charge in [0.1, 0.15) is 12.3 Å². The highest BCUT2D eigenvalue weighted by Gasteiger charge is 2.45. The minimum absolute atomic E-state index is 0.0222. The monoisotopic (exact) mass is 468 g/mol. The zero-order valence-corrected chi connectivity index (χ0v) is 19.7. The Morgan fingerprint density at radius 2 is 1.54 bits per heavy atom. The van der Waals surface area contributed by atoms with Crippen LogP contribution in [-0.4, -0.2) is 53.7 Å². The molecule has 1 amide bonds. The number of ether oxygens (including phenoxy) is 2. The number of hydrogen-bond donors (Lipinski definition) is 0. The van der Waals surface area contributed by atoms with Crippen LogP contribution < -0.4 is 0 Å². The number of nitrogens with zero attached hydrogens (tertiary/aromatic N) is 2. The van der Waals surface area contributed by atoms with Crippen LogP contribution in [0.4, 0.5) is 4.79 Å². The number of pyridine rings is 1. The molecule has 2 atom stereocenters. The van der Waals surface area contributed by atoms with Gasteiger partial charge in [-0.2, -0.15) is 0 Å². The zero-order chi connectivity index (χ0) is 23.9. The topological polar surface area (TPSA) is 68.7 Å². The molecule has 2 bridgehead atoms. The van der Waals surface area contributed by atoms with Crippen LogP contribution in [0.2, 0.25) is 0 Å². The van der Waals surface area contributed by atoms with Gasteiger partial charge in [0.15, 0.2) is 5.78 Å². The fourth-order valence-electron chi connectivity index (χ4n) is 5.99. The van der Waals surface area contributed by atoms with Gasteiger partial charge in [-0.15, -0.1) is 0 Å². The second-order valence-electron chi connectivity index (χ2n) is 9.75. The molecule has 2 aromatic carbocycles. The maximum absolute atomic E-state index is 13.3. The summed E-state index contributed by atoms with van der Waals surface area (Å²) < 4.78 is 11.7. The molecule has 6 nitrogen and oxygen atoms in total. The molecular formula is C29H28N2O4. The first-order valence-electron chi connectivity index (χ1n) is 12.3. The number of hydrogen-bond acceptors (Lipinski definition) is 5. The van der Waals surface area contributed by atoms with E-state index in [2.05, 4.69) is 29.2 Å². The number of ketones is 1. The summed E-state index contributed by atoms with van der Waals surface area (Å²) in [6.45, 7) is 3.02. The van der Waals surface area contributed by atoms with Crippen LogP contribution in [0, 0.1) is 12.8 Å². The van der Waals surface area contributed by atoms with E-state index in [1.165, 1.54) is 22.3 Å². The number of benzene rings is 2. The van der Waals surface area contributed by atoms with Crippen molar-refractivity contribution in [2.75, 3.05) is 19.8 Å². The van der Waals surface area contributed by atoms with Crippen LogP contribution in [0.3, 0.4) is 0 Å². The maximum atomic E-state index is 13.3. The van der Waals surface area contributed by atoms with E-state index in [-0.39, 0.29) is 35.8 Å². The molecule has 35 heavy (non-hydrogen) atoms. The lowest BCUT2D eigenvalue weighted by molar-refractivity contribution is -0.0748. The van der Waals surface area contributed by atoms with E-state index in [0.29, 0.717) is 38.4 Å². The average molecular weight is 469 g/mol. The quantitative estimate of drug-likeness (QED) is 0.504. The molecule has 0 saturated carbocycles. The van der Waals surface area contributed by atoms with E-state index in [9.17, 15) is 9.59 Å². The first-order chi connectivity index (χ1) is 17.1. The van der Waals surface area contributed by atoms with Crippen LogP contribution in [0.1, 0.15) is 46.1 Å². The first-order valence-corrected chi connectivity index (χ1v) is 12.3. The Balaban J connectivity index is 1.17. The van der Waals surface area contributed by atoms with Crippen LogP contribution in [0.25, 0.3) is 11.1 Å². The van der Waals surface area contributed by atoms with E-state index in [1.54, 1.807) is 6.07 Å². The van der Waals surface area contributed by atoms with Gasteiger partial charge in [0, 0.05) is 17.5 Å². The number of piperidine rings is 1. The highest BCUT2D eigenvalue weighted by Crippen LogP contribution is 2.44. The van der Waals surface area contributed by atoms with Crippen molar-refractivity contribution in [1.29, 1.82) is 0 Å². The number of aromatic nitrogens is 1. The minimum Gasteiger partial charge on any atom is -0.448 e. The van der Waals surface area contributed by atoms with Crippen molar-refractivity contribution in [2.45, 2.75) is 37.8 Å². The number of fused-ring (bicyclic) bond motifs is 5. The highest BCUT2D eigenvalue weighted by molar-refractivity contribution is 5.96. The van der Waals surface area contributed by atoms with Crippen molar-refractivity contribution >= 4 is 11.9 Å². The molecule has 1 aromatic heterocycles. The Hall–Kier alpha value is -3.51. The summed E-state index contributed by atoms with van der Waals surface area (Å²) in [5, 5.41) is 0. The summed E-state index contributed by atoms with van der Waals surface area (Å²) in [7, 11) is 0. The number of carbonyl (C=O) groups excluding carboxylic acids is 2. The van der Waals surface area contributed by atoms with E-state index < -0.39 is 0 Å². The van der Waals surface area contributed by atoms with Crippen LogP contribution in [-0.2, 0) is 9.47 Å². The largest absolute Gasteiger partial charge is 0.448 e. The van der Waals surface area contributed by atoms with Gasteiger partial charge < -0.3 is 9.47 Å². The predicted octanol–water partition coefficient (Wildman–Crippen LogP) is 5.00. The normalized spacial score (nSPS) is 22.9. The Bertz CT molecular complexity index is 1230. The fraction of sp³-hybridized carbons (Fsp3) is 0.345. The molecule has 2 aliphatic heterocycles. The molecule has 3 aliphatic rings. The van der Waals surface area contributed by atoms with Crippen molar-refractivity contribution in [2.24, 2.45) is 5.92 Å². The smallest absolute Gasteiger partial charge is 0.410 e. The Kier molecular flexibility index (Phi) is 5.61. The van der Waals surface area contributed by atoms with E-state index in [1.807, 2.05) is 48.2 Å². The number of aryl methyl sites for hydroxylation is 1. The van der Waals surface area contributed by atoms with Gasteiger partial charge in [-0.3, -0.25) is 14.7 Å². The maximum Gasteiger partial charge on any atom is 0.410 e. The van der Waals surface area contributed by atoms with E-state index >= 15 is 0 Å². The van der Waals surface area contributed by atoms with Gasteiger partial charge in [0.2, 0.25) is 0 Å². The number of morpholine rings is 1. The highest BCUT2D eigenvalue weighted by atomic mass is 16.6. The third kappa shape index (κ3) is 3.92. The summed E-state index contributed by atoms with van der Waals surface area (Å²) in [5.41, 5.74) is 6.14. The Morgan fingerprint density at radius 3 is 2.17 bits per heavy atom. The molecule has 1 aliphatic carbocycles. The third-order valence-corrected chi connectivity index (χ3v) is 7.58. The van der Waals surface area contributed by atoms with Gasteiger partial charge in [-0.1, -0.05) is 54.6 Å². The molecule has 0 radical (unpaired) electrons. The van der Waals surface area contributed by atoms with Gasteiger partial charge in [0.05, 0.1) is 25.3 Å². The minimum atomic E-state index is -0.315. The molecule has 0 spiro atoms. The number of amides is 1. The van der Waals surface area contributed by atoms with Gasteiger partial charge in [-0.25, -0.2) is 4.79 Å². The second-order valence-corrected chi connectivity index (χ2v) is 9.75. The van der Waals surface area contributed by atoms with E-state index in [0.717, 1.165) is 5.69 Å². The van der Waals surface area contributed by atoms with Crippen molar-refractivity contribution < 1.29 is 19.1 Å². The standard InChI is InChI=1S/C29H28N2O4/c1-18-7-6-12-27(30-18)28(32)19-13-20-15-34-16-21(14-19)31(20)29(33)35-17-26-24-10-4-2-8-22(24)23-9-3-5-11-25(23)26/h2-12,19-21,26H,13-17H2,1H3. The fourth-order valence-corrected chi connectivity index (χ4v) is 5.99. The summed E-state index contributed by atoms with van der Waals surface area (Å²) in [6.07, 6.45) is 0.814. The summed E-state index contributed by atoms with van der Waals surface area (Å²) in [4.78, 5) is 32.7. The molecule has 2 saturated heterocycles. The molecule has 6 rings (SSSR count). The van der Waals surface area contributed by atoms with Crippen molar-refractivity contribution in [3.8, 4) is 11.1 Å². The van der Waals surface area contributed by atoms with Crippen molar-refractivity contribution in [1.82, 2.24) is 9.88 Å². The SMILES string of the molecule is Cc1cccc(C(=O)C2CC3COCC(C2)N3C(=O)OCC2c3ccccc3-c3ccccc32)n1. The third-order valence-electron chi connectivity index (χ3n) is 7.58. The summed E-state index contributed by atoms with van der Waals surface area (Å²) >= 11 is 0. The molecule has 2 unspecified atom stereocenters. The second kappa shape index (κ2) is 8.93. The molecular weight excluding hydrogens is 440 g/mol. The van der Waals surface area contributed by atoms with Crippen LogP contribution in [0.5, 0.6) is 0 Å². The van der Waals surface area contributed by atoms with Crippen LogP contribution >= 0.6 is 0 Å². The lowest BCUT2D eigenvalue weighted by atomic mass is 9.81. The Morgan fingerprint density at radius 1 is 0.914 bits per heavy atom. The van der Waals surface area contributed by atoms with Crippen LogP contribution in [0.15, 0.2) is 66.7 Å². The lowest BCUT2D eigenvalue weighted by Gasteiger charge is -2.47. The van der Waals surface area contributed by atoms with Gasteiger partial charge in [-0.05, 0) is 54.2 Å². The summed E-state index contributed by atoms with van der Waals surface area (Å²) in [6, 6.07) is 21.8. The van der Waals surface area contributed by atoms with Gasteiger partial charge in [0.25, 0.3) is 0 Å². The Labute approximate surface area is 204 Å². The van der Waals surface area contributed by atoms with E-state index in [4.69, 9.17) is 9.47 Å². The molecule has 3 aromatic rings. The molecule has 2 fully saturated rings. The average Bonchev–Trinajstić information content (AvgIpc) is 3.20. The van der Waals surface area contributed by atoms with Gasteiger partial charge >= 0.3 is 6.09 Å². The molecule has 178 valence electrons. The zero-order valence-electron chi connectivity index (χ0n) is 19.7. The first kappa shape index (κ1) is 22.0. The summed E-state index contributed by atoms with van der Waals surface area (Å²) in [5.74, 6) is -0.0902. The molecule has 0 N–H and O–H groups in total. The van der Waals surface area contributed by atoms with Crippen molar-refractivity contribution in [3.05, 3.63) is 89.2 Å². The number of rotatable bonds is 4. The molecule has 3 heterocycles. The molecule has 6 heteroatoms. The lowest BCUT2D eigenvalue weighted by Crippen LogP contribution is -2.60. The number of Topliss-reactive ketones (excluding diaryl/α,β-unsaturated/α-hetero) is 1. The predicted molar refractivity (Wildman–Crippen MR) is 131 cm³/mol. The van der Waals surface area contributed by atoms with Crippen molar-refractivity contribution in [3.63, 3.8) is 0 Å². The number of carbonyl (C=O) groups is 2.